The highest BCUT2D eigenvalue weighted by Crippen LogP contribution is 2.36. The summed E-state index contributed by atoms with van der Waals surface area (Å²) in [6.07, 6.45) is 0.970. The molecular weight excluding hydrogens is 316 g/mol. The summed E-state index contributed by atoms with van der Waals surface area (Å²) in [6.45, 7) is 2.83. The number of aryl methyl sites for hydroxylation is 1. The van der Waals surface area contributed by atoms with E-state index in [1.54, 1.807) is 0 Å². The van der Waals surface area contributed by atoms with E-state index < -0.39 is 0 Å². The van der Waals surface area contributed by atoms with Crippen LogP contribution in [0.4, 0.5) is 0 Å². The molecule has 2 aromatic rings. The molecule has 3 nitrogen and oxygen atoms in total. The second kappa shape index (κ2) is 5.56. The topological polar surface area (TPSA) is 47.3 Å². The van der Waals surface area contributed by atoms with E-state index in [0.717, 1.165) is 34.4 Å². The van der Waals surface area contributed by atoms with Gasteiger partial charge in [-0.05, 0) is 35.7 Å². The lowest BCUT2D eigenvalue weighted by molar-refractivity contribution is 0.350. The van der Waals surface area contributed by atoms with Crippen LogP contribution in [0.1, 0.15) is 28.3 Å². The van der Waals surface area contributed by atoms with Crippen LogP contribution >= 0.6 is 15.9 Å². The molecule has 0 aliphatic carbocycles. The van der Waals surface area contributed by atoms with Crippen LogP contribution in [0.15, 0.2) is 40.9 Å². The average Bonchev–Trinajstić information content (AvgIpc) is 2.87. The van der Waals surface area contributed by atoms with Crippen molar-refractivity contribution in [2.24, 2.45) is 5.84 Å². The molecule has 1 atom stereocenters. The molecule has 1 aliphatic heterocycles. The molecule has 0 spiro atoms. The highest BCUT2D eigenvalue weighted by Gasteiger charge is 2.22. The van der Waals surface area contributed by atoms with Gasteiger partial charge in [-0.15, -0.1) is 0 Å². The fraction of sp³-hybridized carbons (Fsp3) is 0.250. The van der Waals surface area contributed by atoms with Gasteiger partial charge in [0.05, 0.1) is 12.6 Å². The zero-order valence-electron chi connectivity index (χ0n) is 11.3. The lowest BCUT2D eigenvalue weighted by atomic mass is 9.95. The van der Waals surface area contributed by atoms with Crippen LogP contribution in [0.25, 0.3) is 0 Å². The summed E-state index contributed by atoms with van der Waals surface area (Å²) in [7, 11) is 0. The predicted molar refractivity (Wildman–Crippen MR) is 83.7 cm³/mol. The zero-order chi connectivity index (χ0) is 14.1. The highest BCUT2D eigenvalue weighted by molar-refractivity contribution is 9.10. The van der Waals surface area contributed by atoms with E-state index in [9.17, 15) is 0 Å². The Bertz CT molecular complexity index is 622. The first-order valence-electron chi connectivity index (χ1n) is 6.67. The second-order valence-corrected chi connectivity index (χ2v) is 6.01. The van der Waals surface area contributed by atoms with Crippen LogP contribution < -0.4 is 16.0 Å². The normalized spacial score (nSPS) is 14.8. The Labute approximate surface area is 127 Å². The molecule has 0 amide bonds. The molecule has 0 saturated heterocycles. The zero-order valence-corrected chi connectivity index (χ0v) is 12.9. The van der Waals surface area contributed by atoms with E-state index in [1.165, 1.54) is 11.1 Å². The minimum absolute atomic E-state index is 0.0701. The Morgan fingerprint density at radius 3 is 2.90 bits per heavy atom. The Morgan fingerprint density at radius 2 is 2.15 bits per heavy atom. The first-order chi connectivity index (χ1) is 9.69. The first-order valence-corrected chi connectivity index (χ1v) is 7.46. The van der Waals surface area contributed by atoms with Gasteiger partial charge in [-0.1, -0.05) is 40.2 Å². The van der Waals surface area contributed by atoms with Crippen molar-refractivity contribution in [1.29, 1.82) is 0 Å². The van der Waals surface area contributed by atoms with Crippen molar-refractivity contribution in [2.75, 3.05) is 6.61 Å². The summed E-state index contributed by atoms with van der Waals surface area (Å²) in [5, 5.41) is 0. The van der Waals surface area contributed by atoms with Gasteiger partial charge < -0.3 is 4.74 Å². The maximum Gasteiger partial charge on any atom is 0.127 e. The highest BCUT2D eigenvalue weighted by atomic mass is 79.9. The van der Waals surface area contributed by atoms with Crippen LogP contribution in [0.5, 0.6) is 5.75 Å². The van der Waals surface area contributed by atoms with Gasteiger partial charge >= 0.3 is 0 Å². The van der Waals surface area contributed by atoms with Crippen molar-refractivity contribution in [2.45, 2.75) is 19.4 Å². The maximum absolute atomic E-state index is 5.81. The molecule has 0 radical (unpaired) electrons. The number of hydrazine groups is 1. The molecule has 0 fully saturated rings. The fourth-order valence-electron chi connectivity index (χ4n) is 2.76. The Morgan fingerprint density at radius 1 is 1.30 bits per heavy atom. The van der Waals surface area contributed by atoms with Crippen molar-refractivity contribution in [3.63, 3.8) is 0 Å². The Kier molecular flexibility index (Phi) is 3.78. The predicted octanol–water partition coefficient (Wildman–Crippen LogP) is 3.25. The van der Waals surface area contributed by atoms with Crippen molar-refractivity contribution >= 4 is 15.9 Å². The van der Waals surface area contributed by atoms with E-state index in [0.29, 0.717) is 0 Å². The van der Waals surface area contributed by atoms with Gasteiger partial charge in [0.25, 0.3) is 0 Å². The first kappa shape index (κ1) is 13.6. The van der Waals surface area contributed by atoms with Gasteiger partial charge in [-0.3, -0.25) is 5.84 Å². The Balaban J connectivity index is 2.08. The number of benzene rings is 2. The number of nitrogens with two attached hydrogens (primary N) is 1. The quantitative estimate of drug-likeness (QED) is 0.670. The van der Waals surface area contributed by atoms with Gasteiger partial charge in [0.2, 0.25) is 0 Å². The number of nitrogens with one attached hydrogen (secondary N) is 1. The van der Waals surface area contributed by atoms with Gasteiger partial charge in [0.15, 0.2) is 0 Å². The van der Waals surface area contributed by atoms with Gasteiger partial charge in [-0.2, -0.15) is 0 Å². The largest absolute Gasteiger partial charge is 0.493 e. The molecule has 3 N–H and O–H groups in total. The molecular formula is C16H17BrN2O. The second-order valence-electron chi connectivity index (χ2n) is 5.10. The molecule has 104 valence electrons. The molecule has 1 aliphatic rings. The number of fused-ring (bicyclic) bond motifs is 1. The third-order valence-corrected chi connectivity index (χ3v) is 4.08. The monoisotopic (exact) mass is 332 g/mol. The standard InChI is InChI=1S/C16H17BrN2O/c1-10-7-12(9-13(17)8-10)15(19-18)14-4-2-3-11-5-6-20-16(11)14/h2-4,7-9,15,19H,5-6,18H2,1H3. The molecule has 3 rings (SSSR count). The van der Waals surface area contributed by atoms with E-state index in [-0.39, 0.29) is 6.04 Å². The van der Waals surface area contributed by atoms with Gasteiger partial charge in [0.1, 0.15) is 5.75 Å². The van der Waals surface area contributed by atoms with Crippen LogP contribution in [-0.2, 0) is 6.42 Å². The third kappa shape index (κ3) is 2.46. The van der Waals surface area contributed by atoms with Crippen molar-refractivity contribution < 1.29 is 4.74 Å². The fourth-order valence-corrected chi connectivity index (χ4v) is 3.39. The number of halogens is 1. The Hall–Kier alpha value is -1.36. The summed E-state index contributed by atoms with van der Waals surface area (Å²) in [5.74, 6) is 6.79. The molecule has 0 aromatic heterocycles. The van der Waals surface area contributed by atoms with E-state index in [4.69, 9.17) is 10.6 Å². The minimum Gasteiger partial charge on any atom is -0.493 e. The van der Waals surface area contributed by atoms with Crippen LogP contribution in [0, 0.1) is 6.92 Å². The van der Waals surface area contributed by atoms with Gasteiger partial charge in [0, 0.05) is 16.5 Å². The van der Waals surface area contributed by atoms with E-state index >= 15 is 0 Å². The molecule has 1 heterocycles. The molecule has 2 aromatic carbocycles. The number of hydrogen-bond donors (Lipinski definition) is 2. The lowest BCUT2D eigenvalue weighted by Gasteiger charge is -2.20. The molecule has 20 heavy (non-hydrogen) atoms. The van der Waals surface area contributed by atoms with Crippen LogP contribution in [0.2, 0.25) is 0 Å². The maximum atomic E-state index is 5.81. The number of ether oxygens (including phenoxy) is 1. The molecule has 1 unspecified atom stereocenters. The van der Waals surface area contributed by atoms with Crippen molar-refractivity contribution in [1.82, 2.24) is 5.43 Å². The number of para-hydroxylation sites is 1. The minimum atomic E-state index is -0.0701. The van der Waals surface area contributed by atoms with Crippen LogP contribution in [0.3, 0.4) is 0 Å². The average molecular weight is 333 g/mol. The van der Waals surface area contributed by atoms with Crippen molar-refractivity contribution in [3.8, 4) is 5.75 Å². The summed E-state index contributed by atoms with van der Waals surface area (Å²) in [5.41, 5.74) is 7.60. The van der Waals surface area contributed by atoms with Crippen molar-refractivity contribution in [3.05, 3.63) is 63.1 Å². The smallest absolute Gasteiger partial charge is 0.127 e. The summed E-state index contributed by atoms with van der Waals surface area (Å²) < 4.78 is 6.84. The molecule has 4 heteroatoms. The summed E-state index contributed by atoms with van der Waals surface area (Å²) in [6, 6.07) is 12.5. The molecule has 0 bridgehead atoms. The van der Waals surface area contributed by atoms with E-state index in [2.05, 4.69) is 64.7 Å². The molecule has 0 saturated carbocycles. The third-order valence-electron chi connectivity index (χ3n) is 3.62. The van der Waals surface area contributed by atoms with Crippen LogP contribution in [-0.4, -0.2) is 6.61 Å². The number of rotatable bonds is 3. The summed E-state index contributed by atoms with van der Waals surface area (Å²) >= 11 is 3.55. The summed E-state index contributed by atoms with van der Waals surface area (Å²) in [4.78, 5) is 0. The van der Waals surface area contributed by atoms with Gasteiger partial charge in [-0.25, -0.2) is 5.43 Å². The lowest BCUT2D eigenvalue weighted by Crippen LogP contribution is -2.29. The number of hydrogen-bond acceptors (Lipinski definition) is 3. The van der Waals surface area contributed by atoms with E-state index in [1.807, 2.05) is 0 Å². The SMILES string of the molecule is Cc1cc(Br)cc(C(NN)c2cccc3c2OCC3)c1.